The summed E-state index contributed by atoms with van der Waals surface area (Å²) in [5.41, 5.74) is 1.39. The van der Waals surface area contributed by atoms with Crippen LogP contribution in [-0.4, -0.2) is 17.6 Å². The molecule has 0 aliphatic carbocycles. The molecule has 22 heavy (non-hydrogen) atoms. The number of amides is 2. The van der Waals surface area contributed by atoms with Crippen LogP contribution in [0.1, 0.15) is 39.2 Å². The molecule has 0 bridgehead atoms. The van der Waals surface area contributed by atoms with E-state index in [1.54, 1.807) is 12.1 Å². The van der Waals surface area contributed by atoms with Gasteiger partial charge in [0.1, 0.15) is 5.78 Å². The molecule has 1 aromatic carbocycles. The third-order valence-electron chi connectivity index (χ3n) is 3.71. The normalized spacial score (nSPS) is 14.8. The molecule has 2 rings (SSSR count). The first-order valence-electron chi connectivity index (χ1n) is 7.47. The van der Waals surface area contributed by atoms with Crippen LogP contribution < -0.4 is 4.90 Å². The van der Waals surface area contributed by atoms with E-state index in [1.165, 1.54) is 12.2 Å². The van der Waals surface area contributed by atoms with Crippen LogP contribution in [0, 0.1) is 5.41 Å². The minimum Gasteiger partial charge on any atom is -0.299 e. The van der Waals surface area contributed by atoms with E-state index < -0.39 is 0 Å². The van der Waals surface area contributed by atoms with Gasteiger partial charge in [-0.1, -0.05) is 32.9 Å². The van der Waals surface area contributed by atoms with Gasteiger partial charge in [-0.15, -0.1) is 0 Å². The number of carbonyl (C=O) groups is 3. The first kappa shape index (κ1) is 16.1. The molecule has 1 aromatic rings. The molecule has 4 nitrogen and oxygen atoms in total. The van der Waals surface area contributed by atoms with Crippen LogP contribution in [0.3, 0.4) is 0 Å². The van der Waals surface area contributed by atoms with Gasteiger partial charge in [0.15, 0.2) is 0 Å². The standard InChI is InChI=1S/C18H21NO3/c1-18(2,3)15(20)6-4-5-13-7-9-14(10-8-13)19-16(21)11-12-17(19)22/h7-12H,4-6H2,1-3H3. The third-order valence-corrected chi connectivity index (χ3v) is 3.71. The molecule has 0 unspecified atom stereocenters. The minimum absolute atomic E-state index is 0.267. The van der Waals surface area contributed by atoms with Crippen LogP contribution in [0.15, 0.2) is 36.4 Å². The lowest BCUT2D eigenvalue weighted by molar-refractivity contribution is -0.126. The van der Waals surface area contributed by atoms with E-state index in [0.717, 1.165) is 23.3 Å². The fourth-order valence-electron chi connectivity index (χ4n) is 2.29. The van der Waals surface area contributed by atoms with Crippen molar-refractivity contribution in [3.05, 3.63) is 42.0 Å². The number of ketones is 1. The summed E-state index contributed by atoms with van der Waals surface area (Å²) < 4.78 is 0. The quantitative estimate of drug-likeness (QED) is 0.785. The average Bonchev–Trinajstić information content (AvgIpc) is 2.78. The van der Waals surface area contributed by atoms with Gasteiger partial charge in [-0.25, -0.2) is 4.90 Å². The fourth-order valence-corrected chi connectivity index (χ4v) is 2.29. The predicted octanol–water partition coefficient (Wildman–Crippen LogP) is 3.05. The molecule has 0 fully saturated rings. The second-order valence-electron chi connectivity index (χ2n) is 6.54. The van der Waals surface area contributed by atoms with Crippen molar-refractivity contribution in [1.29, 1.82) is 0 Å². The number of hydrogen-bond acceptors (Lipinski definition) is 3. The maximum atomic E-state index is 11.9. The Morgan fingerprint density at radius 2 is 1.55 bits per heavy atom. The first-order chi connectivity index (χ1) is 10.3. The molecule has 0 aromatic heterocycles. The largest absolute Gasteiger partial charge is 0.299 e. The van der Waals surface area contributed by atoms with Gasteiger partial charge in [-0.05, 0) is 30.5 Å². The third kappa shape index (κ3) is 3.70. The van der Waals surface area contributed by atoms with Crippen LogP contribution in [0.5, 0.6) is 0 Å². The van der Waals surface area contributed by atoms with E-state index >= 15 is 0 Å². The van der Waals surface area contributed by atoms with Crippen LogP contribution in [0.4, 0.5) is 5.69 Å². The van der Waals surface area contributed by atoms with Gasteiger partial charge in [0, 0.05) is 24.0 Å². The number of anilines is 1. The molecule has 0 atom stereocenters. The van der Waals surface area contributed by atoms with Crippen molar-refractivity contribution in [3.63, 3.8) is 0 Å². The number of hydrogen-bond donors (Lipinski definition) is 0. The Labute approximate surface area is 130 Å². The Morgan fingerprint density at radius 1 is 1.00 bits per heavy atom. The summed E-state index contributed by atoms with van der Waals surface area (Å²) >= 11 is 0. The van der Waals surface area contributed by atoms with Crippen molar-refractivity contribution in [2.24, 2.45) is 5.41 Å². The first-order valence-corrected chi connectivity index (χ1v) is 7.47. The molecule has 0 saturated heterocycles. The lowest BCUT2D eigenvalue weighted by Crippen LogP contribution is -2.29. The zero-order valence-electron chi connectivity index (χ0n) is 13.3. The Hall–Kier alpha value is -2.23. The fraction of sp³-hybridized carbons (Fsp3) is 0.389. The molecule has 0 spiro atoms. The van der Waals surface area contributed by atoms with Crippen LogP contribution >= 0.6 is 0 Å². The highest BCUT2D eigenvalue weighted by Crippen LogP contribution is 2.21. The highest BCUT2D eigenvalue weighted by atomic mass is 16.2. The van der Waals surface area contributed by atoms with Crippen molar-refractivity contribution < 1.29 is 14.4 Å². The Bertz CT molecular complexity index is 603. The summed E-state index contributed by atoms with van der Waals surface area (Å²) in [4.78, 5) is 36.2. The Balaban J connectivity index is 1.92. The van der Waals surface area contributed by atoms with E-state index in [9.17, 15) is 14.4 Å². The molecule has 1 heterocycles. The zero-order chi connectivity index (χ0) is 16.3. The van der Waals surface area contributed by atoms with Gasteiger partial charge in [0.2, 0.25) is 0 Å². The average molecular weight is 299 g/mol. The maximum absolute atomic E-state index is 11.9. The summed E-state index contributed by atoms with van der Waals surface area (Å²) in [6, 6.07) is 7.33. The van der Waals surface area contributed by atoms with Gasteiger partial charge >= 0.3 is 0 Å². The number of benzene rings is 1. The molecule has 116 valence electrons. The Kier molecular flexibility index (Phi) is 4.59. The summed E-state index contributed by atoms with van der Waals surface area (Å²) in [6.07, 6.45) is 4.72. The summed E-state index contributed by atoms with van der Waals surface area (Å²) in [5.74, 6) is -0.356. The molecular formula is C18H21NO3. The van der Waals surface area contributed by atoms with Gasteiger partial charge in [-0.3, -0.25) is 14.4 Å². The second kappa shape index (κ2) is 6.26. The van der Waals surface area contributed by atoms with Crippen molar-refractivity contribution >= 4 is 23.3 Å². The summed E-state index contributed by atoms with van der Waals surface area (Å²) in [6.45, 7) is 5.80. The van der Waals surface area contributed by atoms with Gasteiger partial charge < -0.3 is 0 Å². The number of Topliss-reactive ketones (excluding diaryl/α,β-unsaturated/α-hetero) is 1. The smallest absolute Gasteiger partial charge is 0.258 e. The molecule has 1 aliphatic heterocycles. The topological polar surface area (TPSA) is 54.5 Å². The minimum atomic E-state index is -0.312. The van der Waals surface area contributed by atoms with Crippen LogP contribution in [0.2, 0.25) is 0 Å². The summed E-state index contributed by atoms with van der Waals surface area (Å²) in [5, 5.41) is 0. The van der Waals surface area contributed by atoms with Crippen LogP contribution in [-0.2, 0) is 20.8 Å². The van der Waals surface area contributed by atoms with E-state index in [0.29, 0.717) is 12.1 Å². The number of carbonyl (C=O) groups excluding carboxylic acids is 3. The maximum Gasteiger partial charge on any atom is 0.258 e. The molecular weight excluding hydrogens is 278 g/mol. The molecule has 2 amide bonds. The van der Waals surface area contributed by atoms with Gasteiger partial charge in [-0.2, -0.15) is 0 Å². The van der Waals surface area contributed by atoms with Crippen LogP contribution in [0.25, 0.3) is 0 Å². The molecule has 4 heteroatoms. The monoisotopic (exact) mass is 299 g/mol. The van der Waals surface area contributed by atoms with Crippen molar-refractivity contribution in [3.8, 4) is 0 Å². The van der Waals surface area contributed by atoms with Gasteiger partial charge in [0.05, 0.1) is 5.69 Å². The van der Waals surface area contributed by atoms with E-state index in [1.807, 2.05) is 32.9 Å². The molecule has 1 aliphatic rings. The van der Waals surface area contributed by atoms with E-state index in [4.69, 9.17) is 0 Å². The van der Waals surface area contributed by atoms with Crippen molar-refractivity contribution in [1.82, 2.24) is 0 Å². The van der Waals surface area contributed by atoms with Crippen molar-refractivity contribution in [2.75, 3.05) is 4.90 Å². The zero-order valence-corrected chi connectivity index (χ0v) is 13.3. The lowest BCUT2D eigenvalue weighted by atomic mass is 9.87. The number of imide groups is 1. The van der Waals surface area contributed by atoms with Gasteiger partial charge in [0.25, 0.3) is 11.8 Å². The lowest BCUT2D eigenvalue weighted by Gasteiger charge is -2.16. The Morgan fingerprint density at radius 3 is 2.05 bits per heavy atom. The highest BCUT2D eigenvalue weighted by Gasteiger charge is 2.24. The number of nitrogens with zero attached hydrogens (tertiary/aromatic N) is 1. The number of rotatable bonds is 5. The second-order valence-corrected chi connectivity index (χ2v) is 6.54. The SMILES string of the molecule is CC(C)(C)C(=O)CCCc1ccc(N2C(=O)C=CC2=O)cc1. The van der Waals surface area contributed by atoms with E-state index in [2.05, 4.69) is 0 Å². The highest BCUT2D eigenvalue weighted by molar-refractivity contribution is 6.28. The number of aryl methyl sites for hydroxylation is 1. The molecule has 0 saturated carbocycles. The molecule has 0 N–H and O–H groups in total. The molecule has 0 radical (unpaired) electrons. The van der Waals surface area contributed by atoms with Crippen molar-refractivity contribution in [2.45, 2.75) is 40.0 Å². The predicted molar refractivity (Wildman–Crippen MR) is 85.5 cm³/mol. The summed E-state index contributed by atoms with van der Waals surface area (Å²) in [7, 11) is 0. The van der Waals surface area contributed by atoms with E-state index in [-0.39, 0.29) is 23.0 Å².